The van der Waals surface area contributed by atoms with Crippen molar-refractivity contribution in [2.24, 2.45) is 5.92 Å². The van der Waals surface area contributed by atoms with Gasteiger partial charge in [-0.05, 0) is 23.6 Å². The minimum atomic E-state index is -0.615. The summed E-state index contributed by atoms with van der Waals surface area (Å²) < 4.78 is 15.4. The molecule has 0 fully saturated rings. The van der Waals surface area contributed by atoms with E-state index >= 15 is 0 Å². The summed E-state index contributed by atoms with van der Waals surface area (Å²) in [5.41, 5.74) is 1.30. The van der Waals surface area contributed by atoms with Gasteiger partial charge in [0.1, 0.15) is 17.1 Å². The lowest BCUT2D eigenvalue weighted by atomic mass is 9.80. The third kappa shape index (κ3) is 4.41. The molecule has 6 heteroatoms. The fourth-order valence-corrected chi connectivity index (χ4v) is 3.09. The van der Waals surface area contributed by atoms with Crippen LogP contribution in [-0.4, -0.2) is 26.0 Å². The Balaban J connectivity index is 2.49. The van der Waals surface area contributed by atoms with Gasteiger partial charge in [-0.25, -0.2) is 0 Å². The van der Waals surface area contributed by atoms with Crippen LogP contribution in [0, 0.1) is 5.92 Å². The number of rotatable bonds is 8. The maximum atomic E-state index is 13.4. The Labute approximate surface area is 155 Å². The van der Waals surface area contributed by atoms with Crippen LogP contribution in [0.2, 0.25) is 0 Å². The number of hydrogen-bond acceptors (Lipinski definition) is 5. The second-order valence-corrected chi connectivity index (χ2v) is 6.14. The monoisotopic (exact) mass is 374 g/mol. The van der Waals surface area contributed by atoms with Crippen LogP contribution in [0.15, 0.2) is 48.5 Å². The molecule has 138 valence electrons. The molecule has 0 aliphatic carbocycles. The number of hydrogen-bond donors (Lipinski definition) is 0. The van der Waals surface area contributed by atoms with Crippen LogP contribution in [-0.2, 0) is 9.32 Å². The zero-order valence-electron chi connectivity index (χ0n) is 15.1. The van der Waals surface area contributed by atoms with Crippen molar-refractivity contribution in [2.75, 3.05) is 14.2 Å². The predicted molar refractivity (Wildman–Crippen MR) is 103 cm³/mol. The summed E-state index contributed by atoms with van der Waals surface area (Å²) in [6, 6.07) is 14.8. The van der Waals surface area contributed by atoms with Gasteiger partial charge in [-0.15, -0.1) is 0 Å². The van der Waals surface area contributed by atoms with E-state index in [9.17, 15) is 9.59 Å². The first-order valence-electron chi connectivity index (χ1n) is 8.23. The number of Topliss-reactive ketones (excluding diaryl/α,β-unsaturated/α-hetero) is 1. The second-order valence-electron chi connectivity index (χ2n) is 5.90. The molecule has 0 saturated carbocycles. The molecule has 0 N–H and O–H groups in total. The van der Waals surface area contributed by atoms with Crippen LogP contribution < -0.4 is 9.47 Å². The van der Waals surface area contributed by atoms with Crippen molar-refractivity contribution in [1.82, 2.24) is 0 Å². The molecular weight excluding hydrogens is 351 g/mol. The van der Waals surface area contributed by atoms with E-state index in [0.717, 1.165) is 5.56 Å². The van der Waals surface area contributed by atoms with Crippen molar-refractivity contribution in [3.63, 3.8) is 0 Å². The van der Waals surface area contributed by atoms with Crippen LogP contribution in [0.5, 0.6) is 11.5 Å². The Morgan fingerprint density at radius 3 is 2.04 bits per heavy atom. The van der Waals surface area contributed by atoms with Gasteiger partial charge < -0.3 is 14.0 Å². The highest BCUT2D eigenvalue weighted by Crippen LogP contribution is 2.36. The Hall–Kier alpha value is -2.39. The SMILES string of the molecule is COc1cccc(OC)c1C(=O)C(CC(=O)OP)C(C)c1ccccc1. The number of benzene rings is 2. The first-order valence-corrected chi connectivity index (χ1v) is 8.70. The molecule has 2 aromatic carbocycles. The van der Waals surface area contributed by atoms with Crippen molar-refractivity contribution >= 4 is 21.2 Å². The van der Waals surface area contributed by atoms with Gasteiger partial charge >= 0.3 is 5.97 Å². The number of ketones is 1. The van der Waals surface area contributed by atoms with Crippen molar-refractivity contribution in [3.05, 3.63) is 59.7 Å². The van der Waals surface area contributed by atoms with Gasteiger partial charge in [0, 0.05) is 5.92 Å². The van der Waals surface area contributed by atoms with E-state index in [1.165, 1.54) is 14.2 Å². The lowest BCUT2D eigenvalue weighted by molar-refractivity contribution is -0.134. The van der Waals surface area contributed by atoms with E-state index in [1.807, 2.05) is 46.7 Å². The van der Waals surface area contributed by atoms with E-state index in [4.69, 9.17) is 14.0 Å². The smallest absolute Gasteiger partial charge is 0.308 e. The predicted octanol–water partition coefficient (Wildman–Crippen LogP) is 4.03. The molecule has 0 heterocycles. The van der Waals surface area contributed by atoms with Gasteiger partial charge in [0.2, 0.25) is 0 Å². The molecule has 3 atom stereocenters. The summed E-state index contributed by atoms with van der Waals surface area (Å²) >= 11 is 0. The fraction of sp³-hybridized carbons (Fsp3) is 0.300. The summed E-state index contributed by atoms with van der Waals surface area (Å²) in [5, 5.41) is 0. The molecule has 0 aliphatic heterocycles. The highest BCUT2D eigenvalue weighted by molar-refractivity contribution is 7.10. The molecule has 0 aromatic heterocycles. The maximum Gasteiger partial charge on any atom is 0.308 e. The molecule has 0 saturated heterocycles. The van der Waals surface area contributed by atoms with Crippen LogP contribution >= 0.6 is 9.47 Å². The standard InChI is InChI=1S/C20H23O5P/c1-13(14-8-5-4-6-9-14)15(12-18(21)25-26)20(22)19-16(23-2)10-7-11-17(19)24-3/h4-11,13,15H,12,26H2,1-3H3. The largest absolute Gasteiger partial charge is 0.496 e. The van der Waals surface area contributed by atoms with E-state index in [2.05, 4.69) is 0 Å². The quantitative estimate of drug-likeness (QED) is 0.516. The average Bonchev–Trinajstić information content (AvgIpc) is 2.70. The molecule has 0 amide bonds. The number of carbonyl (C=O) groups excluding carboxylic acids is 2. The Kier molecular flexibility index (Phi) is 7.16. The van der Waals surface area contributed by atoms with Crippen LogP contribution in [0.4, 0.5) is 0 Å². The summed E-state index contributed by atoms with van der Waals surface area (Å²) in [5.74, 6) is -0.660. The summed E-state index contributed by atoms with van der Waals surface area (Å²) in [6.07, 6.45) is -0.0421. The molecule has 2 aromatic rings. The Morgan fingerprint density at radius 1 is 0.962 bits per heavy atom. The maximum absolute atomic E-state index is 13.4. The van der Waals surface area contributed by atoms with Gasteiger partial charge in [-0.3, -0.25) is 9.59 Å². The molecule has 0 radical (unpaired) electrons. The normalized spacial score (nSPS) is 12.8. The summed E-state index contributed by atoms with van der Waals surface area (Å²) in [6.45, 7) is 1.93. The number of ether oxygens (including phenoxy) is 2. The molecule has 26 heavy (non-hydrogen) atoms. The average molecular weight is 374 g/mol. The van der Waals surface area contributed by atoms with Crippen molar-refractivity contribution in [1.29, 1.82) is 0 Å². The van der Waals surface area contributed by atoms with E-state index < -0.39 is 11.9 Å². The molecule has 0 bridgehead atoms. The zero-order valence-corrected chi connectivity index (χ0v) is 16.3. The van der Waals surface area contributed by atoms with Gasteiger partial charge in [-0.2, -0.15) is 0 Å². The van der Waals surface area contributed by atoms with Crippen LogP contribution in [0.1, 0.15) is 35.2 Å². The second kappa shape index (κ2) is 9.35. The third-order valence-corrected chi connectivity index (χ3v) is 4.72. The molecule has 2 rings (SSSR count). The van der Waals surface area contributed by atoms with Crippen molar-refractivity contribution < 1.29 is 23.6 Å². The summed E-state index contributed by atoms with van der Waals surface area (Å²) in [7, 11) is 4.93. The van der Waals surface area contributed by atoms with Crippen LogP contribution in [0.25, 0.3) is 0 Å². The molecular formula is C20H23O5P. The van der Waals surface area contributed by atoms with E-state index in [0.29, 0.717) is 17.1 Å². The first kappa shape index (κ1) is 19.9. The third-order valence-electron chi connectivity index (χ3n) is 4.46. The van der Waals surface area contributed by atoms with Crippen molar-refractivity contribution in [2.45, 2.75) is 19.3 Å². The Bertz CT molecular complexity index is 738. The highest BCUT2D eigenvalue weighted by atomic mass is 31.0. The molecule has 0 spiro atoms. The van der Waals surface area contributed by atoms with E-state index in [1.54, 1.807) is 18.2 Å². The highest BCUT2D eigenvalue weighted by Gasteiger charge is 2.33. The van der Waals surface area contributed by atoms with Gasteiger partial charge in [0.15, 0.2) is 5.78 Å². The number of methoxy groups -OCH3 is 2. The number of carbonyl (C=O) groups is 2. The fourth-order valence-electron chi connectivity index (χ4n) is 2.99. The minimum Gasteiger partial charge on any atom is -0.496 e. The molecule has 3 unspecified atom stereocenters. The minimum absolute atomic E-state index is 0.0421. The van der Waals surface area contributed by atoms with Crippen molar-refractivity contribution in [3.8, 4) is 11.5 Å². The first-order chi connectivity index (χ1) is 12.5. The van der Waals surface area contributed by atoms with E-state index in [-0.39, 0.29) is 18.1 Å². The lowest BCUT2D eigenvalue weighted by Gasteiger charge is -2.24. The van der Waals surface area contributed by atoms with Gasteiger partial charge in [0.05, 0.1) is 30.1 Å². The Morgan fingerprint density at radius 2 is 1.54 bits per heavy atom. The van der Waals surface area contributed by atoms with Gasteiger partial charge in [0.25, 0.3) is 0 Å². The molecule has 5 nitrogen and oxygen atoms in total. The van der Waals surface area contributed by atoms with Crippen LogP contribution in [0.3, 0.4) is 0 Å². The molecule has 0 aliphatic rings. The van der Waals surface area contributed by atoms with Gasteiger partial charge in [-0.1, -0.05) is 43.3 Å². The summed E-state index contributed by atoms with van der Waals surface area (Å²) in [4.78, 5) is 25.3. The topological polar surface area (TPSA) is 61.8 Å². The lowest BCUT2D eigenvalue weighted by Crippen LogP contribution is -2.25. The zero-order chi connectivity index (χ0) is 19.1.